The second-order valence-corrected chi connectivity index (χ2v) is 6.06. The molecular weight excluding hydrogens is 304 g/mol. The Morgan fingerprint density at radius 1 is 1.29 bits per heavy atom. The number of benzene rings is 1. The minimum absolute atomic E-state index is 0.0764. The maximum atomic E-state index is 12.6. The highest BCUT2D eigenvalue weighted by molar-refractivity contribution is 6.02. The zero-order valence-corrected chi connectivity index (χ0v) is 13.1. The third-order valence-electron chi connectivity index (χ3n) is 4.61. The summed E-state index contributed by atoms with van der Waals surface area (Å²) in [6.07, 6.45) is 7.74. The van der Waals surface area contributed by atoms with Crippen molar-refractivity contribution in [1.82, 2.24) is 5.06 Å². The van der Waals surface area contributed by atoms with Gasteiger partial charge in [-0.25, -0.2) is 0 Å². The van der Waals surface area contributed by atoms with Crippen LogP contribution in [0.4, 0.5) is 5.69 Å². The minimum Gasteiger partial charge on any atom is -0.355 e. The first kappa shape index (κ1) is 14.7. The summed E-state index contributed by atoms with van der Waals surface area (Å²) in [6.45, 7) is 1.48. The fourth-order valence-electron chi connectivity index (χ4n) is 3.36. The zero-order chi connectivity index (χ0) is 16.8. The van der Waals surface area contributed by atoms with Crippen molar-refractivity contribution in [2.24, 2.45) is 5.92 Å². The molecule has 3 aliphatic rings. The van der Waals surface area contributed by atoms with Gasteiger partial charge in [-0.1, -0.05) is 30.4 Å². The summed E-state index contributed by atoms with van der Waals surface area (Å²) in [5, 5.41) is 14.1. The molecule has 0 radical (unpaired) electrons. The molecule has 0 bridgehead atoms. The quantitative estimate of drug-likeness (QED) is 0.616. The van der Waals surface area contributed by atoms with Crippen LogP contribution in [0.5, 0.6) is 0 Å². The van der Waals surface area contributed by atoms with Crippen LogP contribution in [-0.4, -0.2) is 22.0 Å². The minimum atomic E-state index is -0.448. The molecule has 120 valence electrons. The lowest BCUT2D eigenvalue weighted by molar-refractivity contribution is -0.148. The third-order valence-corrected chi connectivity index (χ3v) is 4.61. The Labute approximate surface area is 139 Å². The van der Waals surface area contributed by atoms with Crippen molar-refractivity contribution >= 4 is 23.5 Å². The number of anilines is 1. The number of ketones is 1. The zero-order valence-electron chi connectivity index (χ0n) is 13.1. The number of carbonyl (C=O) groups is 2. The molecule has 0 saturated carbocycles. The first-order valence-corrected chi connectivity index (χ1v) is 7.80. The summed E-state index contributed by atoms with van der Waals surface area (Å²) in [5.74, 6) is -0.772. The van der Waals surface area contributed by atoms with E-state index in [0.29, 0.717) is 34.0 Å². The summed E-state index contributed by atoms with van der Waals surface area (Å²) < 4.78 is 0. The average Bonchev–Trinajstić information content (AvgIpc) is 2.85. The van der Waals surface area contributed by atoms with Crippen molar-refractivity contribution in [2.75, 3.05) is 5.32 Å². The smallest absolute Gasteiger partial charge is 0.280 e. The van der Waals surface area contributed by atoms with E-state index in [-0.39, 0.29) is 11.7 Å². The van der Waals surface area contributed by atoms with Crippen LogP contribution in [0.15, 0.2) is 65.0 Å². The van der Waals surface area contributed by atoms with Crippen molar-refractivity contribution < 1.29 is 14.8 Å². The van der Waals surface area contributed by atoms with Gasteiger partial charge in [0, 0.05) is 22.9 Å². The maximum absolute atomic E-state index is 12.6. The van der Waals surface area contributed by atoms with Gasteiger partial charge in [-0.3, -0.25) is 14.8 Å². The molecule has 5 heteroatoms. The Morgan fingerprint density at radius 3 is 2.88 bits per heavy atom. The molecule has 1 atom stereocenters. The van der Waals surface area contributed by atoms with Crippen molar-refractivity contribution in [1.29, 1.82) is 0 Å². The number of allylic oxidation sites excluding steroid dienone is 5. The summed E-state index contributed by atoms with van der Waals surface area (Å²) in [5.41, 5.74) is 4.17. The van der Waals surface area contributed by atoms with Crippen molar-refractivity contribution in [2.45, 2.75) is 13.3 Å². The molecule has 2 heterocycles. The lowest BCUT2D eigenvalue weighted by Crippen LogP contribution is -2.21. The summed E-state index contributed by atoms with van der Waals surface area (Å²) >= 11 is 0. The van der Waals surface area contributed by atoms with Gasteiger partial charge >= 0.3 is 0 Å². The SMILES string of the molecule is CC(=O)C1=CCC2C(=C1)N(O)C(=O)C2=C1C=Cc2ccccc2N1. The van der Waals surface area contributed by atoms with Crippen LogP contribution in [0.25, 0.3) is 6.08 Å². The van der Waals surface area contributed by atoms with Crippen LogP contribution in [0.3, 0.4) is 0 Å². The Bertz CT molecular complexity index is 890. The van der Waals surface area contributed by atoms with E-state index < -0.39 is 5.91 Å². The predicted octanol–water partition coefficient (Wildman–Crippen LogP) is 3.03. The number of nitrogens with one attached hydrogen (secondary N) is 1. The molecule has 5 nitrogen and oxygen atoms in total. The number of amides is 1. The second-order valence-electron chi connectivity index (χ2n) is 6.06. The van der Waals surface area contributed by atoms with Gasteiger partial charge in [0.25, 0.3) is 5.91 Å². The van der Waals surface area contributed by atoms with E-state index in [2.05, 4.69) is 5.32 Å². The van der Waals surface area contributed by atoms with E-state index >= 15 is 0 Å². The average molecular weight is 320 g/mol. The largest absolute Gasteiger partial charge is 0.355 e. The highest BCUT2D eigenvalue weighted by Crippen LogP contribution is 2.41. The van der Waals surface area contributed by atoms with Gasteiger partial charge in [0.2, 0.25) is 0 Å². The summed E-state index contributed by atoms with van der Waals surface area (Å²) in [4.78, 5) is 24.1. The second kappa shape index (κ2) is 5.32. The molecule has 1 amide bonds. The highest BCUT2D eigenvalue weighted by atomic mass is 16.5. The molecule has 2 aliphatic heterocycles. The van der Waals surface area contributed by atoms with Gasteiger partial charge in [0.15, 0.2) is 5.78 Å². The van der Waals surface area contributed by atoms with Crippen molar-refractivity contribution in [3.8, 4) is 0 Å². The van der Waals surface area contributed by atoms with E-state index in [1.165, 1.54) is 6.92 Å². The first-order chi connectivity index (χ1) is 11.6. The topological polar surface area (TPSA) is 69.6 Å². The van der Waals surface area contributed by atoms with E-state index in [1.54, 1.807) is 6.08 Å². The number of para-hydroxylation sites is 1. The van der Waals surface area contributed by atoms with E-state index in [9.17, 15) is 14.8 Å². The van der Waals surface area contributed by atoms with Gasteiger partial charge in [0.1, 0.15) is 0 Å². The Morgan fingerprint density at radius 2 is 2.08 bits per heavy atom. The Balaban J connectivity index is 1.77. The van der Waals surface area contributed by atoms with Gasteiger partial charge < -0.3 is 5.32 Å². The Hall–Kier alpha value is -2.92. The molecule has 0 spiro atoms. The maximum Gasteiger partial charge on any atom is 0.280 e. The molecule has 2 N–H and O–H groups in total. The summed E-state index contributed by atoms with van der Waals surface area (Å²) in [7, 11) is 0. The number of carbonyl (C=O) groups excluding carboxylic acids is 2. The highest BCUT2D eigenvalue weighted by Gasteiger charge is 2.42. The third kappa shape index (κ3) is 2.13. The molecule has 0 aromatic heterocycles. The van der Waals surface area contributed by atoms with Crippen LogP contribution in [0, 0.1) is 5.92 Å². The fraction of sp³-hybridized carbons (Fsp3) is 0.158. The van der Waals surface area contributed by atoms with Crippen molar-refractivity contribution in [3.63, 3.8) is 0 Å². The normalized spacial score (nSPS) is 24.8. The molecule has 1 aliphatic carbocycles. The molecule has 1 aromatic rings. The number of nitrogens with zero attached hydrogens (tertiary/aromatic N) is 1. The number of rotatable bonds is 1. The molecular formula is C19H16N2O3. The van der Waals surface area contributed by atoms with Gasteiger partial charge in [0.05, 0.1) is 11.3 Å². The molecule has 4 rings (SSSR count). The lowest BCUT2D eigenvalue weighted by atomic mass is 9.87. The number of hydrogen-bond donors (Lipinski definition) is 2. The molecule has 1 aromatic carbocycles. The molecule has 1 unspecified atom stereocenters. The standard InChI is InChI=1S/C19H16N2O3/c1-11(22)13-6-8-14-17(10-13)21(24)19(23)18(14)16-9-7-12-4-2-3-5-15(12)20-16/h2-7,9-10,14,20,24H,8H2,1H3. The van der Waals surface area contributed by atoms with Crippen LogP contribution >= 0.6 is 0 Å². The number of hydroxylamine groups is 2. The van der Waals surface area contributed by atoms with Crippen LogP contribution < -0.4 is 5.32 Å². The first-order valence-electron chi connectivity index (χ1n) is 7.80. The molecule has 1 fully saturated rings. The number of hydrogen-bond acceptors (Lipinski definition) is 4. The monoisotopic (exact) mass is 320 g/mol. The van der Waals surface area contributed by atoms with Gasteiger partial charge in [-0.05, 0) is 37.1 Å². The fourth-order valence-corrected chi connectivity index (χ4v) is 3.36. The lowest BCUT2D eigenvalue weighted by Gasteiger charge is -2.20. The van der Waals surface area contributed by atoms with Gasteiger partial charge in [-0.15, -0.1) is 0 Å². The van der Waals surface area contributed by atoms with Crippen LogP contribution in [0.2, 0.25) is 0 Å². The van der Waals surface area contributed by atoms with E-state index in [0.717, 1.165) is 11.3 Å². The van der Waals surface area contributed by atoms with Crippen LogP contribution in [-0.2, 0) is 9.59 Å². The molecule has 24 heavy (non-hydrogen) atoms. The Kier molecular flexibility index (Phi) is 3.25. The van der Waals surface area contributed by atoms with E-state index in [1.807, 2.05) is 42.5 Å². The van der Waals surface area contributed by atoms with Crippen LogP contribution in [0.1, 0.15) is 18.9 Å². The number of Topliss-reactive ketones (excluding diaryl/α,β-unsaturated/α-hetero) is 1. The van der Waals surface area contributed by atoms with Gasteiger partial charge in [-0.2, -0.15) is 5.06 Å². The van der Waals surface area contributed by atoms with Crippen molar-refractivity contribution in [3.05, 3.63) is 70.6 Å². The number of fused-ring (bicyclic) bond motifs is 2. The molecule has 1 saturated heterocycles. The predicted molar refractivity (Wildman–Crippen MR) is 89.7 cm³/mol. The van der Waals surface area contributed by atoms with E-state index in [4.69, 9.17) is 0 Å². The summed E-state index contributed by atoms with van der Waals surface area (Å²) in [6, 6.07) is 7.81.